The summed E-state index contributed by atoms with van der Waals surface area (Å²) in [6.07, 6.45) is 1.07. The van der Waals surface area contributed by atoms with Crippen molar-refractivity contribution in [3.63, 3.8) is 0 Å². The number of rotatable bonds is 6. The van der Waals surface area contributed by atoms with Crippen LogP contribution in [0.5, 0.6) is 0 Å². The molecular weight excluding hydrogens is 477 g/mol. The van der Waals surface area contributed by atoms with E-state index in [-0.39, 0.29) is 29.9 Å². The number of carbonyl (C=O) groups is 1. The van der Waals surface area contributed by atoms with Crippen molar-refractivity contribution in [3.8, 4) is 0 Å². The molecule has 0 aliphatic carbocycles. The van der Waals surface area contributed by atoms with Crippen molar-refractivity contribution in [2.75, 3.05) is 38.1 Å². The first-order chi connectivity index (χ1) is 13.7. The van der Waals surface area contributed by atoms with Gasteiger partial charge in [0.25, 0.3) is 5.91 Å². The van der Waals surface area contributed by atoms with Crippen molar-refractivity contribution < 1.29 is 4.79 Å². The van der Waals surface area contributed by atoms with Gasteiger partial charge >= 0.3 is 0 Å². The molecule has 3 N–H and O–H groups in total. The van der Waals surface area contributed by atoms with Gasteiger partial charge in [-0.25, -0.2) is 0 Å². The summed E-state index contributed by atoms with van der Waals surface area (Å²) in [5.41, 5.74) is 3.22. The Bertz CT molecular complexity index is 795. The molecule has 1 unspecified atom stereocenters. The molecule has 29 heavy (non-hydrogen) atoms. The number of anilines is 1. The van der Waals surface area contributed by atoms with Crippen molar-refractivity contribution in [3.05, 3.63) is 65.7 Å². The van der Waals surface area contributed by atoms with E-state index in [0.29, 0.717) is 24.7 Å². The predicted octanol–water partition coefficient (Wildman–Crippen LogP) is 2.79. The maximum atomic E-state index is 12.0. The lowest BCUT2D eigenvalue weighted by Gasteiger charge is -2.20. The van der Waals surface area contributed by atoms with Crippen LogP contribution in [0.15, 0.2) is 59.6 Å². The van der Waals surface area contributed by atoms with Gasteiger partial charge in [0, 0.05) is 50.5 Å². The van der Waals surface area contributed by atoms with Crippen LogP contribution in [0, 0.1) is 6.92 Å². The first kappa shape index (κ1) is 23.0. The number of nitrogens with zero attached hydrogens (tertiary/aromatic N) is 2. The molecule has 0 bridgehead atoms. The van der Waals surface area contributed by atoms with Crippen molar-refractivity contribution in [1.82, 2.24) is 16.0 Å². The summed E-state index contributed by atoms with van der Waals surface area (Å²) in [5.74, 6) is 0.708. The molecule has 0 spiro atoms. The van der Waals surface area contributed by atoms with Crippen molar-refractivity contribution in [2.45, 2.75) is 19.4 Å². The lowest BCUT2D eigenvalue weighted by molar-refractivity contribution is 0.0954. The van der Waals surface area contributed by atoms with Gasteiger partial charge in [-0.1, -0.05) is 35.9 Å². The molecular formula is C22H30IN5O. The van der Waals surface area contributed by atoms with Gasteiger partial charge in [-0.3, -0.25) is 9.79 Å². The summed E-state index contributed by atoms with van der Waals surface area (Å²) in [6.45, 7) is 5.25. The number of benzene rings is 2. The van der Waals surface area contributed by atoms with Crippen molar-refractivity contribution >= 4 is 41.5 Å². The number of aliphatic imine (C=N–C) groups is 1. The highest BCUT2D eigenvalue weighted by Gasteiger charge is 2.23. The average Bonchev–Trinajstić information content (AvgIpc) is 3.19. The van der Waals surface area contributed by atoms with E-state index < -0.39 is 0 Å². The Morgan fingerprint density at radius 2 is 1.76 bits per heavy atom. The standard InChI is InChI=1S/C22H29N5O.HI/c1-17-8-10-20(11-9-17)27-15-12-19(16-27)26-22(23-2)25-14-13-24-21(28)18-6-4-3-5-7-18;/h3-11,19H,12-16H2,1-2H3,(H,24,28)(H2,23,25,26);1H. The molecule has 1 fully saturated rings. The fraction of sp³-hybridized carbons (Fsp3) is 0.364. The highest BCUT2D eigenvalue weighted by atomic mass is 127. The smallest absolute Gasteiger partial charge is 0.251 e. The number of hydrogen-bond acceptors (Lipinski definition) is 3. The van der Waals surface area contributed by atoms with E-state index in [1.165, 1.54) is 11.3 Å². The Balaban J connectivity index is 0.00000300. The zero-order chi connectivity index (χ0) is 19.8. The monoisotopic (exact) mass is 507 g/mol. The molecule has 156 valence electrons. The lowest BCUT2D eigenvalue weighted by atomic mass is 10.2. The van der Waals surface area contributed by atoms with E-state index in [2.05, 4.69) is 57.0 Å². The second-order valence-electron chi connectivity index (χ2n) is 7.03. The van der Waals surface area contributed by atoms with Gasteiger partial charge < -0.3 is 20.9 Å². The number of aryl methyl sites for hydroxylation is 1. The van der Waals surface area contributed by atoms with Crippen molar-refractivity contribution in [2.24, 2.45) is 4.99 Å². The molecule has 0 radical (unpaired) electrons. The normalized spacial score (nSPS) is 16.1. The molecule has 1 aliphatic rings. The molecule has 1 aliphatic heterocycles. The summed E-state index contributed by atoms with van der Waals surface area (Å²) in [7, 11) is 1.77. The molecule has 2 aromatic rings. The number of guanidine groups is 1. The first-order valence-electron chi connectivity index (χ1n) is 9.78. The van der Waals surface area contributed by atoms with Gasteiger partial charge in [0.15, 0.2) is 5.96 Å². The van der Waals surface area contributed by atoms with Crippen LogP contribution in [0.1, 0.15) is 22.3 Å². The SMILES string of the molecule is CN=C(NCCNC(=O)c1ccccc1)NC1CCN(c2ccc(C)cc2)C1.I. The molecule has 1 atom stereocenters. The number of halogens is 1. The molecule has 6 nitrogen and oxygen atoms in total. The van der Waals surface area contributed by atoms with E-state index in [0.717, 1.165) is 25.5 Å². The maximum Gasteiger partial charge on any atom is 0.251 e. The van der Waals surface area contributed by atoms with Crippen LogP contribution in [0.25, 0.3) is 0 Å². The second-order valence-corrected chi connectivity index (χ2v) is 7.03. The molecule has 1 amide bonds. The number of nitrogens with one attached hydrogen (secondary N) is 3. The summed E-state index contributed by atoms with van der Waals surface area (Å²) in [4.78, 5) is 18.7. The van der Waals surface area contributed by atoms with E-state index >= 15 is 0 Å². The molecule has 0 saturated carbocycles. The number of carbonyl (C=O) groups excluding carboxylic acids is 1. The lowest BCUT2D eigenvalue weighted by Crippen LogP contribution is -2.46. The summed E-state index contributed by atoms with van der Waals surface area (Å²) in [5, 5.41) is 9.66. The Labute approximate surface area is 190 Å². The predicted molar refractivity (Wildman–Crippen MR) is 130 cm³/mol. The van der Waals surface area contributed by atoms with E-state index in [4.69, 9.17) is 0 Å². The fourth-order valence-electron chi connectivity index (χ4n) is 3.30. The van der Waals surface area contributed by atoms with Gasteiger partial charge in [-0.2, -0.15) is 0 Å². The van der Waals surface area contributed by atoms with Gasteiger partial charge in [0.2, 0.25) is 0 Å². The third-order valence-corrected chi connectivity index (χ3v) is 4.89. The van der Waals surface area contributed by atoms with Crippen LogP contribution < -0.4 is 20.9 Å². The van der Waals surface area contributed by atoms with E-state index in [9.17, 15) is 4.79 Å². The largest absolute Gasteiger partial charge is 0.369 e. The fourth-order valence-corrected chi connectivity index (χ4v) is 3.30. The van der Waals surface area contributed by atoms with E-state index in [1.807, 2.05) is 30.3 Å². The zero-order valence-corrected chi connectivity index (χ0v) is 19.4. The Hall–Kier alpha value is -2.29. The molecule has 3 rings (SSSR count). The van der Waals surface area contributed by atoms with Gasteiger partial charge in [0.05, 0.1) is 0 Å². The van der Waals surface area contributed by atoms with Gasteiger partial charge in [0.1, 0.15) is 0 Å². The quantitative estimate of drug-likeness (QED) is 0.244. The number of hydrogen-bond donors (Lipinski definition) is 3. The third kappa shape index (κ3) is 6.92. The Morgan fingerprint density at radius 3 is 2.45 bits per heavy atom. The summed E-state index contributed by atoms with van der Waals surface area (Å²) >= 11 is 0. The zero-order valence-electron chi connectivity index (χ0n) is 17.0. The molecule has 1 heterocycles. The van der Waals surface area contributed by atoms with Crippen LogP contribution in [-0.2, 0) is 0 Å². The summed E-state index contributed by atoms with van der Waals surface area (Å²) < 4.78 is 0. The van der Waals surface area contributed by atoms with Gasteiger partial charge in [-0.05, 0) is 37.6 Å². The maximum absolute atomic E-state index is 12.0. The number of amides is 1. The summed E-state index contributed by atoms with van der Waals surface area (Å²) in [6, 6.07) is 18.3. The molecule has 2 aromatic carbocycles. The minimum Gasteiger partial charge on any atom is -0.369 e. The van der Waals surface area contributed by atoms with Crippen LogP contribution >= 0.6 is 24.0 Å². The third-order valence-electron chi connectivity index (χ3n) is 4.89. The highest BCUT2D eigenvalue weighted by molar-refractivity contribution is 14.0. The Morgan fingerprint density at radius 1 is 1.07 bits per heavy atom. The molecule has 1 saturated heterocycles. The van der Waals surface area contributed by atoms with Crippen molar-refractivity contribution in [1.29, 1.82) is 0 Å². The average molecular weight is 507 g/mol. The molecule has 0 aromatic heterocycles. The Kier molecular flexibility index (Phi) is 9.24. The topological polar surface area (TPSA) is 68.8 Å². The minimum absolute atomic E-state index is 0. The van der Waals surface area contributed by atoms with Crippen LogP contribution in [0.2, 0.25) is 0 Å². The molecule has 7 heteroatoms. The highest BCUT2D eigenvalue weighted by Crippen LogP contribution is 2.20. The van der Waals surface area contributed by atoms with Crippen LogP contribution in [0.3, 0.4) is 0 Å². The minimum atomic E-state index is -0.0603. The van der Waals surface area contributed by atoms with Gasteiger partial charge in [-0.15, -0.1) is 24.0 Å². The van der Waals surface area contributed by atoms with Crippen LogP contribution in [-0.4, -0.2) is 51.1 Å². The first-order valence-corrected chi connectivity index (χ1v) is 9.78. The van der Waals surface area contributed by atoms with Crippen LogP contribution in [0.4, 0.5) is 5.69 Å². The van der Waals surface area contributed by atoms with E-state index in [1.54, 1.807) is 7.05 Å². The second kappa shape index (κ2) is 11.6.